The molecule has 3 heteroatoms. The second-order valence-corrected chi connectivity index (χ2v) is 10.8. The number of fused-ring (bicyclic) bond motifs is 1. The molecule has 0 aliphatic heterocycles. The summed E-state index contributed by atoms with van der Waals surface area (Å²) in [5.74, 6) is 5.57. The summed E-state index contributed by atoms with van der Waals surface area (Å²) in [6.45, 7) is 2.54. The first-order chi connectivity index (χ1) is 9.26. The second kappa shape index (κ2) is 11.9. The van der Waals surface area contributed by atoms with E-state index in [0.717, 1.165) is 29.6 Å². The molecule has 0 aromatic rings. The molecular weight excluding hydrogens is 378 g/mol. The van der Waals surface area contributed by atoms with Crippen molar-refractivity contribution in [3.63, 3.8) is 0 Å². The molecule has 0 radical (unpaired) electrons. The van der Waals surface area contributed by atoms with Gasteiger partial charge in [-0.25, -0.2) is 0 Å². The Hall–Kier alpha value is 1.46. The third kappa shape index (κ3) is 6.46. The molecule has 4 unspecified atom stereocenters. The predicted molar refractivity (Wildman–Crippen MR) is 93.8 cm³/mol. The maximum atomic E-state index is 4.93. The minimum atomic E-state index is -0.826. The van der Waals surface area contributed by atoms with Crippen molar-refractivity contribution in [3.8, 4) is 0 Å². The SMILES string of the molecule is CC1CC(CC2CCCC2)C2CCCCC12.[CH3-].[CH3-].[Cl][Zr+2][Cl]. The summed E-state index contributed by atoms with van der Waals surface area (Å²) in [6.07, 6.45) is 15.6. The van der Waals surface area contributed by atoms with Crippen LogP contribution in [-0.4, -0.2) is 0 Å². The van der Waals surface area contributed by atoms with Gasteiger partial charge in [0.25, 0.3) is 0 Å². The molecule has 0 N–H and O–H groups in total. The van der Waals surface area contributed by atoms with Gasteiger partial charge in [-0.1, -0.05) is 45.4 Å². The van der Waals surface area contributed by atoms with E-state index in [1.807, 2.05) is 0 Å². The van der Waals surface area contributed by atoms with Crippen molar-refractivity contribution in [1.82, 2.24) is 0 Å². The second-order valence-electron chi connectivity index (χ2n) is 7.04. The van der Waals surface area contributed by atoms with Gasteiger partial charge in [-0.15, -0.1) is 0 Å². The van der Waals surface area contributed by atoms with Crippen molar-refractivity contribution >= 4 is 17.0 Å². The fourth-order valence-corrected chi connectivity index (χ4v) is 5.25. The number of rotatable bonds is 2. The molecule has 0 aromatic heterocycles. The Morgan fingerprint density at radius 2 is 1.33 bits per heavy atom. The number of halogens is 2. The van der Waals surface area contributed by atoms with Crippen LogP contribution in [0.25, 0.3) is 0 Å². The molecule has 0 bridgehead atoms. The van der Waals surface area contributed by atoms with Gasteiger partial charge in [0.15, 0.2) is 0 Å². The molecule has 3 fully saturated rings. The standard InChI is InChI=1S/C16H28.2CH3.2ClH.Zr/c1-12-10-14(11-13-6-2-3-7-13)16-9-5-4-8-15(12)16;;;;;/h12-16H,2-11H2,1H3;2*1H3;2*1H;/q;2*-1;;;+4/p-2. The van der Waals surface area contributed by atoms with Crippen LogP contribution in [0.3, 0.4) is 0 Å². The third-order valence-corrected chi connectivity index (χ3v) is 6.00. The molecule has 3 saturated carbocycles. The van der Waals surface area contributed by atoms with Crippen LogP contribution in [0.2, 0.25) is 0 Å². The topological polar surface area (TPSA) is 0 Å². The Labute approximate surface area is 152 Å². The molecule has 0 spiro atoms. The first kappa shape index (κ1) is 22.5. The molecule has 4 atom stereocenters. The molecule has 0 nitrogen and oxygen atoms in total. The van der Waals surface area contributed by atoms with Crippen molar-refractivity contribution in [1.29, 1.82) is 0 Å². The zero-order valence-corrected chi connectivity index (χ0v) is 18.2. The van der Waals surface area contributed by atoms with E-state index < -0.39 is 20.8 Å². The fourth-order valence-electron chi connectivity index (χ4n) is 5.25. The van der Waals surface area contributed by atoms with Crippen LogP contribution in [0.4, 0.5) is 0 Å². The number of hydrogen-bond acceptors (Lipinski definition) is 0. The first-order valence-electron chi connectivity index (χ1n) is 8.22. The van der Waals surface area contributed by atoms with Crippen molar-refractivity contribution in [3.05, 3.63) is 14.9 Å². The molecule has 3 aliphatic rings. The van der Waals surface area contributed by atoms with Crippen molar-refractivity contribution in [2.75, 3.05) is 0 Å². The summed E-state index contributed by atoms with van der Waals surface area (Å²) >= 11 is -0.826. The van der Waals surface area contributed by atoms with Crippen LogP contribution in [0, 0.1) is 44.4 Å². The molecular formula is C18H34Cl2Zr. The Kier molecular flexibility index (Phi) is 12.7. The average Bonchev–Trinajstić information content (AvgIpc) is 3.01. The van der Waals surface area contributed by atoms with Crippen LogP contribution in [-0.2, 0) is 20.8 Å². The van der Waals surface area contributed by atoms with E-state index >= 15 is 0 Å². The average molecular weight is 413 g/mol. The van der Waals surface area contributed by atoms with Crippen LogP contribution >= 0.6 is 17.0 Å². The van der Waals surface area contributed by atoms with Gasteiger partial charge in [0, 0.05) is 0 Å². The molecule has 0 aromatic carbocycles. The monoisotopic (exact) mass is 410 g/mol. The molecule has 0 saturated heterocycles. The molecule has 3 aliphatic carbocycles. The third-order valence-electron chi connectivity index (χ3n) is 6.00. The summed E-state index contributed by atoms with van der Waals surface area (Å²) in [6, 6.07) is 0. The van der Waals surface area contributed by atoms with E-state index in [0.29, 0.717) is 0 Å². The van der Waals surface area contributed by atoms with Crippen LogP contribution in [0.15, 0.2) is 0 Å². The molecule has 0 heterocycles. The van der Waals surface area contributed by atoms with E-state index in [1.54, 1.807) is 38.5 Å². The van der Waals surface area contributed by atoms with Gasteiger partial charge in [0.2, 0.25) is 0 Å². The van der Waals surface area contributed by atoms with Gasteiger partial charge in [-0.05, 0) is 55.3 Å². The van der Waals surface area contributed by atoms with Crippen LogP contribution in [0.5, 0.6) is 0 Å². The zero-order valence-electron chi connectivity index (χ0n) is 14.2. The maximum absolute atomic E-state index is 4.93. The summed E-state index contributed by atoms with van der Waals surface area (Å²) in [5.41, 5.74) is 0. The summed E-state index contributed by atoms with van der Waals surface area (Å²) in [7, 11) is 9.87. The molecule has 124 valence electrons. The van der Waals surface area contributed by atoms with E-state index in [2.05, 4.69) is 6.92 Å². The van der Waals surface area contributed by atoms with Crippen molar-refractivity contribution in [2.24, 2.45) is 29.6 Å². The van der Waals surface area contributed by atoms with Crippen LogP contribution in [0.1, 0.15) is 71.1 Å². The molecule has 0 amide bonds. The Bertz CT molecular complexity index is 254. The Morgan fingerprint density at radius 3 is 1.90 bits per heavy atom. The van der Waals surface area contributed by atoms with Gasteiger partial charge in [-0.2, -0.15) is 0 Å². The van der Waals surface area contributed by atoms with Gasteiger partial charge in [-0.3, -0.25) is 0 Å². The van der Waals surface area contributed by atoms with Gasteiger partial charge >= 0.3 is 37.9 Å². The van der Waals surface area contributed by atoms with E-state index in [1.165, 1.54) is 25.7 Å². The number of hydrogen-bond donors (Lipinski definition) is 0. The van der Waals surface area contributed by atoms with Gasteiger partial charge in [0.1, 0.15) is 0 Å². The zero-order chi connectivity index (χ0) is 13.7. The Balaban J connectivity index is 0.000000742. The fraction of sp³-hybridized carbons (Fsp3) is 0.889. The van der Waals surface area contributed by atoms with E-state index in [9.17, 15) is 0 Å². The van der Waals surface area contributed by atoms with E-state index in [-0.39, 0.29) is 14.9 Å². The van der Waals surface area contributed by atoms with Crippen molar-refractivity contribution < 1.29 is 20.8 Å². The normalized spacial score (nSPS) is 34.6. The Morgan fingerprint density at radius 1 is 0.857 bits per heavy atom. The first-order valence-corrected chi connectivity index (χ1v) is 14.6. The van der Waals surface area contributed by atoms with Crippen LogP contribution < -0.4 is 0 Å². The molecule has 3 rings (SSSR count). The van der Waals surface area contributed by atoms with Gasteiger partial charge < -0.3 is 14.9 Å². The quantitative estimate of drug-likeness (QED) is 0.417. The van der Waals surface area contributed by atoms with Gasteiger partial charge in [0.05, 0.1) is 0 Å². The summed E-state index contributed by atoms with van der Waals surface area (Å²) in [5, 5.41) is 0. The predicted octanol–water partition coefficient (Wildman–Crippen LogP) is 7.31. The van der Waals surface area contributed by atoms with Crippen molar-refractivity contribution in [2.45, 2.75) is 71.1 Å². The van der Waals surface area contributed by atoms with E-state index in [4.69, 9.17) is 17.0 Å². The minimum absolute atomic E-state index is 0. The summed E-state index contributed by atoms with van der Waals surface area (Å²) in [4.78, 5) is 0. The summed E-state index contributed by atoms with van der Waals surface area (Å²) < 4.78 is 0. The molecule has 21 heavy (non-hydrogen) atoms.